The van der Waals surface area contributed by atoms with Crippen molar-refractivity contribution in [3.63, 3.8) is 0 Å². The van der Waals surface area contributed by atoms with Crippen LogP contribution in [0.15, 0.2) is 24.8 Å². The van der Waals surface area contributed by atoms with Gasteiger partial charge in [0.1, 0.15) is 0 Å². The van der Waals surface area contributed by atoms with Crippen LogP contribution in [0.25, 0.3) is 5.32 Å². The molecule has 0 spiro atoms. The number of hydrogen-bond donors (Lipinski definition) is 0. The van der Waals surface area contributed by atoms with E-state index in [2.05, 4.69) is 15.3 Å². The molecule has 0 saturated heterocycles. The van der Waals surface area contributed by atoms with Gasteiger partial charge in [-0.15, -0.1) is 0 Å². The molecule has 0 aromatic carbocycles. The fourth-order valence-corrected chi connectivity index (χ4v) is 1.35. The largest absolute Gasteiger partial charge is 2.00 e. The van der Waals surface area contributed by atoms with Gasteiger partial charge >= 0.3 is 17.1 Å². The molecule has 2 aromatic heterocycles. The van der Waals surface area contributed by atoms with Crippen LogP contribution in [0.1, 0.15) is 11.6 Å². The smallest absolute Gasteiger partial charge is 1.00 e. The molecule has 17 heavy (non-hydrogen) atoms. The quantitative estimate of drug-likeness (QED) is 0.628. The number of aryl methyl sites for hydroxylation is 2. The summed E-state index contributed by atoms with van der Waals surface area (Å²) in [6.45, 7) is 1.27. The molecule has 1 radical (unpaired) electrons. The fourth-order valence-electron chi connectivity index (χ4n) is 1.35. The van der Waals surface area contributed by atoms with E-state index in [4.69, 9.17) is 0 Å². The second kappa shape index (κ2) is 7.50. The molecule has 0 atom stereocenters. The molecule has 0 aliphatic carbocycles. The van der Waals surface area contributed by atoms with E-state index in [0.717, 1.165) is 11.6 Å². The number of halogens is 1. The van der Waals surface area contributed by atoms with Crippen LogP contribution in [0.2, 0.25) is 0 Å². The molecule has 0 unspecified atom stereocenters. The number of aromatic nitrogens is 4. The second-order valence-electron chi connectivity index (χ2n) is 3.45. The van der Waals surface area contributed by atoms with E-state index >= 15 is 0 Å². The van der Waals surface area contributed by atoms with Gasteiger partial charge in [-0.2, -0.15) is 0 Å². The summed E-state index contributed by atoms with van der Waals surface area (Å²) in [6, 6.07) is 0. The van der Waals surface area contributed by atoms with Crippen molar-refractivity contribution in [2.75, 3.05) is 0 Å². The molecular formula is C10H14ClCuN5. The predicted octanol–water partition coefficient (Wildman–Crippen LogP) is -1.77. The molecule has 0 aliphatic rings. The average Bonchev–Trinajstić information content (AvgIpc) is 2.78. The van der Waals surface area contributed by atoms with Crippen LogP contribution in [0.4, 0.5) is 0 Å². The molecule has 97 valence electrons. The SMILES string of the molecule is Cn1ccnc1C[N-]Cc1nccn1C.[Cl-].[Cu+2]. The third-order valence-corrected chi connectivity index (χ3v) is 2.35. The van der Waals surface area contributed by atoms with Gasteiger partial charge in [0.25, 0.3) is 0 Å². The summed E-state index contributed by atoms with van der Waals surface area (Å²) in [5.41, 5.74) is 0. The molecule has 7 heteroatoms. The Balaban J connectivity index is 0.00000128. The second-order valence-corrected chi connectivity index (χ2v) is 3.45. The van der Waals surface area contributed by atoms with Crippen LogP contribution in [0.3, 0.4) is 0 Å². The number of imidazole rings is 2. The molecule has 0 amide bonds. The van der Waals surface area contributed by atoms with Crippen molar-refractivity contribution >= 4 is 0 Å². The van der Waals surface area contributed by atoms with Crippen molar-refractivity contribution in [3.05, 3.63) is 41.8 Å². The van der Waals surface area contributed by atoms with E-state index < -0.39 is 0 Å². The third-order valence-electron chi connectivity index (χ3n) is 2.35. The molecular weight excluding hydrogens is 289 g/mol. The molecule has 0 saturated carbocycles. The fraction of sp³-hybridized carbons (Fsp3) is 0.400. The van der Waals surface area contributed by atoms with Crippen LogP contribution < -0.4 is 12.4 Å². The Bertz CT molecular complexity index is 399. The van der Waals surface area contributed by atoms with E-state index in [1.54, 1.807) is 12.4 Å². The summed E-state index contributed by atoms with van der Waals surface area (Å²) in [5.74, 6) is 1.95. The molecule has 0 bridgehead atoms. The average molecular weight is 303 g/mol. The predicted molar refractivity (Wildman–Crippen MR) is 57.2 cm³/mol. The molecule has 0 aliphatic heterocycles. The van der Waals surface area contributed by atoms with Crippen LogP contribution >= 0.6 is 0 Å². The summed E-state index contributed by atoms with van der Waals surface area (Å²) >= 11 is 0. The molecule has 0 fully saturated rings. The first-order chi connectivity index (χ1) is 7.27. The number of hydrogen-bond acceptors (Lipinski definition) is 2. The summed E-state index contributed by atoms with van der Waals surface area (Å²) in [6.07, 6.45) is 7.41. The topological polar surface area (TPSA) is 49.7 Å². The van der Waals surface area contributed by atoms with Gasteiger partial charge in [-0.05, 0) is 0 Å². The minimum Gasteiger partial charge on any atom is -1.00 e. The van der Waals surface area contributed by atoms with Gasteiger partial charge in [-0.25, -0.2) is 9.97 Å². The zero-order chi connectivity index (χ0) is 10.7. The van der Waals surface area contributed by atoms with E-state index in [0.29, 0.717) is 13.1 Å². The molecule has 2 heterocycles. The van der Waals surface area contributed by atoms with E-state index in [-0.39, 0.29) is 29.5 Å². The summed E-state index contributed by atoms with van der Waals surface area (Å²) in [4.78, 5) is 8.40. The maximum atomic E-state index is 4.41. The maximum Gasteiger partial charge on any atom is 2.00 e. The maximum absolute atomic E-state index is 4.41. The summed E-state index contributed by atoms with van der Waals surface area (Å²) in [7, 11) is 3.94. The first-order valence-electron chi connectivity index (χ1n) is 4.83. The van der Waals surface area contributed by atoms with Crippen LogP contribution in [-0.2, 0) is 44.3 Å². The van der Waals surface area contributed by atoms with Crippen molar-refractivity contribution in [1.29, 1.82) is 0 Å². The Labute approximate surface area is 118 Å². The van der Waals surface area contributed by atoms with E-state index in [1.165, 1.54) is 0 Å². The van der Waals surface area contributed by atoms with Crippen molar-refractivity contribution in [2.45, 2.75) is 13.1 Å². The van der Waals surface area contributed by atoms with Crippen molar-refractivity contribution < 1.29 is 29.5 Å². The van der Waals surface area contributed by atoms with Crippen molar-refractivity contribution in [2.24, 2.45) is 14.1 Å². The Morgan fingerprint density at radius 2 is 1.41 bits per heavy atom. The zero-order valence-electron chi connectivity index (χ0n) is 9.64. The molecule has 0 N–H and O–H groups in total. The Kier molecular flexibility index (Phi) is 7.15. The first-order valence-corrected chi connectivity index (χ1v) is 4.83. The molecule has 2 aromatic rings. The van der Waals surface area contributed by atoms with Crippen LogP contribution in [0.5, 0.6) is 0 Å². The zero-order valence-corrected chi connectivity index (χ0v) is 11.3. The Hall–Kier alpha value is -0.811. The normalized spacial score (nSPS) is 9.53. The Morgan fingerprint density at radius 3 is 1.71 bits per heavy atom. The van der Waals surface area contributed by atoms with Gasteiger partial charge in [-0.3, -0.25) is 0 Å². The van der Waals surface area contributed by atoms with Gasteiger partial charge in [0.2, 0.25) is 0 Å². The summed E-state index contributed by atoms with van der Waals surface area (Å²) in [5, 5.41) is 4.41. The van der Waals surface area contributed by atoms with Gasteiger partial charge in [0.15, 0.2) is 0 Å². The van der Waals surface area contributed by atoms with Crippen LogP contribution in [-0.4, -0.2) is 19.1 Å². The minimum atomic E-state index is 0. The standard InChI is InChI=1S/C10H14N5.ClH.Cu/c1-14-5-3-12-9(14)7-11-8-10-13-4-6-15(10)2;;/h3-6H,7-8H2,1-2H3;1H;/q-1;;+2/p-1. The third kappa shape index (κ3) is 4.16. The summed E-state index contributed by atoms with van der Waals surface area (Å²) < 4.78 is 3.95. The monoisotopic (exact) mass is 302 g/mol. The molecule has 2 rings (SSSR count). The Morgan fingerprint density at radius 1 is 1.00 bits per heavy atom. The van der Waals surface area contributed by atoms with Crippen molar-refractivity contribution in [1.82, 2.24) is 19.1 Å². The van der Waals surface area contributed by atoms with Gasteiger partial charge in [0, 0.05) is 38.9 Å². The minimum absolute atomic E-state index is 0. The van der Waals surface area contributed by atoms with Gasteiger partial charge in [0.05, 0.1) is 11.6 Å². The van der Waals surface area contributed by atoms with Crippen molar-refractivity contribution in [3.8, 4) is 0 Å². The van der Waals surface area contributed by atoms with Crippen LogP contribution in [0, 0.1) is 0 Å². The van der Waals surface area contributed by atoms with Gasteiger partial charge in [-0.1, -0.05) is 13.1 Å². The van der Waals surface area contributed by atoms with E-state index in [1.807, 2.05) is 35.6 Å². The van der Waals surface area contributed by atoms with Gasteiger partial charge < -0.3 is 26.9 Å². The van der Waals surface area contributed by atoms with E-state index in [9.17, 15) is 0 Å². The number of nitrogens with zero attached hydrogens (tertiary/aromatic N) is 5. The number of rotatable bonds is 4. The molecule has 5 nitrogen and oxygen atoms in total. The first kappa shape index (κ1) is 16.2.